The molecule has 0 bridgehead atoms. The molecule has 1 aliphatic carbocycles. The minimum Gasteiger partial charge on any atom is -0.448 e. The van der Waals surface area contributed by atoms with Crippen LogP contribution in [0.2, 0.25) is 0 Å². The number of ether oxygens (including phenoxy) is 1. The van der Waals surface area contributed by atoms with Crippen LogP contribution < -0.4 is 0 Å². The normalized spacial score (nSPS) is 20.1. The molecule has 5 rings (SSSR count). The Bertz CT molecular complexity index is 1050. The lowest BCUT2D eigenvalue weighted by Gasteiger charge is -2.24. The van der Waals surface area contributed by atoms with Gasteiger partial charge in [-0.05, 0) is 46.4 Å². The van der Waals surface area contributed by atoms with Crippen LogP contribution in [0.3, 0.4) is 0 Å². The quantitative estimate of drug-likeness (QED) is 0.573. The molecule has 1 atom stereocenters. The zero-order chi connectivity index (χ0) is 20.7. The zero-order valence-corrected chi connectivity index (χ0v) is 18.0. The third-order valence-electron chi connectivity index (χ3n) is 6.22. The maximum absolute atomic E-state index is 12.8. The minimum atomic E-state index is -1.04. The van der Waals surface area contributed by atoms with Gasteiger partial charge in [0.15, 0.2) is 0 Å². The third-order valence-corrected chi connectivity index (χ3v) is 6.75. The highest BCUT2D eigenvalue weighted by molar-refractivity contribution is 9.10. The molecule has 4 nitrogen and oxygen atoms in total. The van der Waals surface area contributed by atoms with E-state index < -0.39 is 5.60 Å². The van der Waals surface area contributed by atoms with E-state index in [-0.39, 0.29) is 18.6 Å². The van der Waals surface area contributed by atoms with Gasteiger partial charge < -0.3 is 14.7 Å². The first-order chi connectivity index (χ1) is 14.5. The van der Waals surface area contributed by atoms with Crippen LogP contribution in [0.15, 0.2) is 77.3 Å². The van der Waals surface area contributed by atoms with E-state index in [1.54, 1.807) is 4.90 Å². The van der Waals surface area contributed by atoms with Crippen molar-refractivity contribution in [3.05, 3.63) is 94.0 Å². The summed E-state index contributed by atoms with van der Waals surface area (Å²) in [5.74, 6) is 0.0364. The fourth-order valence-electron chi connectivity index (χ4n) is 4.63. The summed E-state index contributed by atoms with van der Waals surface area (Å²) in [5.41, 5.74) is 4.59. The molecule has 1 aliphatic heterocycles. The van der Waals surface area contributed by atoms with Crippen LogP contribution in [-0.4, -0.2) is 35.8 Å². The Labute approximate surface area is 184 Å². The summed E-state index contributed by atoms with van der Waals surface area (Å²) < 4.78 is 6.70. The van der Waals surface area contributed by atoms with Gasteiger partial charge in [0, 0.05) is 16.9 Å². The highest BCUT2D eigenvalue weighted by atomic mass is 79.9. The predicted octanol–water partition coefficient (Wildman–Crippen LogP) is 5.29. The predicted molar refractivity (Wildman–Crippen MR) is 119 cm³/mol. The van der Waals surface area contributed by atoms with Crippen LogP contribution in [-0.2, 0) is 10.3 Å². The largest absolute Gasteiger partial charge is 0.448 e. The van der Waals surface area contributed by atoms with Gasteiger partial charge in [0.05, 0.1) is 6.54 Å². The number of carbonyl (C=O) groups is 1. The molecule has 1 heterocycles. The first-order valence-electron chi connectivity index (χ1n) is 10.1. The van der Waals surface area contributed by atoms with Gasteiger partial charge in [-0.25, -0.2) is 4.79 Å². The molecule has 5 heteroatoms. The van der Waals surface area contributed by atoms with E-state index in [0.717, 1.165) is 10.0 Å². The minimum absolute atomic E-state index is 0.0364. The Hall–Kier alpha value is -2.63. The average molecular weight is 464 g/mol. The molecule has 0 saturated carbocycles. The summed E-state index contributed by atoms with van der Waals surface area (Å²) in [6.45, 7) is 1.01. The number of nitrogens with zero attached hydrogens (tertiary/aromatic N) is 1. The lowest BCUT2D eigenvalue weighted by Crippen LogP contribution is -2.35. The van der Waals surface area contributed by atoms with Crippen molar-refractivity contribution in [3.63, 3.8) is 0 Å². The van der Waals surface area contributed by atoms with Gasteiger partial charge in [0.25, 0.3) is 0 Å². The Morgan fingerprint density at radius 1 is 1.00 bits per heavy atom. The van der Waals surface area contributed by atoms with Crippen molar-refractivity contribution in [1.29, 1.82) is 0 Å². The highest BCUT2D eigenvalue weighted by Crippen LogP contribution is 2.44. The Balaban J connectivity index is 1.29. The second-order valence-corrected chi connectivity index (χ2v) is 8.93. The number of amides is 1. The molecule has 1 fully saturated rings. The number of aliphatic hydroxyl groups is 1. The van der Waals surface area contributed by atoms with Crippen LogP contribution in [0.5, 0.6) is 0 Å². The Kier molecular flexibility index (Phi) is 4.88. The third kappa shape index (κ3) is 3.32. The molecule has 3 aromatic rings. The van der Waals surface area contributed by atoms with E-state index in [0.29, 0.717) is 19.6 Å². The number of β-amino-alcohol motifs (C(OH)–C–C–N with tert-alkyl or cyclic N) is 1. The first kappa shape index (κ1) is 19.3. The molecule has 1 unspecified atom stereocenters. The van der Waals surface area contributed by atoms with Crippen LogP contribution in [0.4, 0.5) is 4.79 Å². The maximum Gasteiger partial charge on any atom is 0.409 e. The van der Waals surface area contributed by atoms with E-state index in [1.165, 1.54) is 22.3 Å². The van der Waals surface area contributed by atoms with E-state index in [2.05, 4.69) is 40.2 Å². The molecule has 1 amide bonds. The number of halogens is 1. The number of benzene rings is 3. The van der Waals surface area contributed by atoms with Gasteiger partial charge >= 0.3 is 6.09 Å². The van der Waals surface area contributed by atoms with Crippen molar-refractivity contribution in [1.82, 2.24) is 4.90 Å². The van der Waals surface area contributed by atoms with E-state index in [1.807, 2.05) is 48.5 Å². The molecule has 1 N–H and O–H groups in total. The fraction of sp³-hybridized carbons (Fsp3) is 0.240. The van der Waals surface area contributed by atoms with Crippen molar-refractivity contribution in [3.8, 4) is 11.1 Å². The van der Waals surface area contributed by atoms with Crippen molar-refractivity contribution < 1.29 is 14.6 Å². The first-order valence-corrected chi connectivity index (χ1v) is 10.9. The van der Waals surface area contributed by atoms with E-state index >= 15 is 0 Å². The van der Waals surface area contributed by atoms with Crippen LogP contribution in [0.25, 0.3) is 11.1 Å². The van der Waals surface area contributed by atoms with Crippen molar-refractivity contribution >= 4 is 22.0 Å². The molecule has 152 valence electrons. The van der Waals surface area contributed by atoms with Crippen LogP contribution in [0.1, 0.15) is 29.0 Å². The van der Waals surface area contributed by atoms with Crippen LogP contribution >= 0.6 is 15.9 Å². The summed E-state index contributed by atoms with van der Waals surface area (Å²) in [6, 6.07) is 24.2. The highest BCUT2D eigenvalue weighted by Gasteiger charge is 2.40. The topological polar surface area (TPSA) is 49.8 Å². The standard InChI is InChI=1S/C25H22BrNO3/c26-18-11-9-17(10-12-18)25(29)13-14-27(16-25)24(28)30-15-23-21-7-3-1-5-19(21)20-6-2-4-8-22(20)23/h1-12,23,29H,13-16H2. The van der Waals surface area contributed by atoms with Crippen LogP contribution in [0, 0.1) is 0 Å². The molecule has 30 heavy (non-hydrogen) atoms. The fourth-order valence-corrected chi connectivity index (χ4v) is 4.89. The van der Waals surface area contributed by atoms with E-state index in [9.17, 15) is 9.90 Å². The van der Waals surface area contributed by atoms with Gasteiger partial charge in [0.1, 0.15) is 12.2 Å². The molecule has 1 saturated heterocycles. The molecular weight excluding hydrogens is 442 g/mol. The lowest BCUT2D eigenvalue weighted by molar-refractivity contribution is 0.0414. The van der Waals surface area contributed by atoms with E-state index in [4.69, 9.17) is 4.74 Å². The molecule has 2 aliphatic rings. The van der Waals surface area contributed by atoms with Gasteiger partial charge in [-0.2, -0.15) is 0 Å². The summed E-state index contributed by atoms with van der Waals surface area (Å²) in [4.78, 5) is 14.4. The Morgan fingerprint density at radius 3 is 2.23 bits per heavy atom. The molecule has 0 aromatic heterocycles. The summed E-state index contributed by atoms with van der Waals surface area (Å²) in [6.07, 6.45) is 0.128. The number of hydrogen-bond donors (Lipinski definition) is 1. The zero-order valence-electron chi connectivity index (χ0n) is 16.4. The summed E-state index contributed by atoms with van der Waals surface area (Å²) in [5, 5.41) is 11.0. The molecular formula is C25H22BrNO3. The second kappa shape index (κ2) is 7.56. The molecule has 3 aromatic carbocycles. The average Bonchev–Trinajstić information content (AvgIpc) is 3.32. The van der Waals surface area contributed by atoms with Gasteiger partial charge in [-0.3, -0.25) is 0 Å². The monoisotopic (exact) mass is 463 g/mol. The number of likely N-dealkylation sites (tertiary alicyclic amines) is 1. The van der Waals surface area contributed by atoms with Gasteiger partial charge in [-0.15, -0.1) is 0 Å². The second-order valence-electron chi connectivity index (χ2n) is 8.01. The SMILES string of the molecule is O=C(OCC1c2ccccc2-c2ccccc21)N1CCC(O)(c2ccc(Br)cc2)C1. The van der Waals surface area contributed by atoms with Crippen molar-refractivity contribution in [2.24, 2.45) is 0 Å². The van der Waals surface area contributed by atoms with Crippen molar-refractivity contribution in [2.45, 2.75) is 17.9 Å². The van der Waals surface area contributed by atoms with Gasteiger partial charge in [0.2, 0.25) is 0 Å². The van der Waals surface area contributed by atoms with Gasteiger partial charge in [-0.1, -0.05) is 76.6 Å². The summed E-state index contributed by atoms with van der Waals surface area (Å²) in [7, 11) is 0. The number of carbonyl (C=O) groups excluding carboxylic acids is 1. The Morgan fingerprint density at radius 2 is 1.60 bits per heavy atom. The maximum atomic E-state index is 12.8. The number of fused-ring (bicyclic) bond motifs is 3. The smallest absolute Gasteiger partial charge is 0.409 e. The molecule has 0 radical (unpaired) electrons. The summed E-state index contributed by atoms with van der Waals surface area (Å²) >= 11 is 3.42. The number of rotatable bonds is 3. The number of hydrogen-bond acceptors (Lipinski definition) is 3. The lowest BCUT2D eigenvalue weighted by atomic mass is 9.93. The molecule has 0 spiro atoms. The van der Waals surface area contributed by atoms with Crippen molar-refractivity contribution in [2.75, 3.05) is 19.7 Å².